The molecule has 1 heterocycles. The number of nitrogens with one attached hydrogen (secondary N) is 1. The summed E-state index contributed by atoms with van der Waals surface area (Å²) in [5, 5.41) is 2.88. The fraction of sp³-hybridized carbons (Fsp3) is 0.312. The molecule has 0 bridgehead atoms. The van der Waals surface area contributed by atoms with E-state index in [1.54, 1.807) is 6.07 Å². The van der Waals surface area contributed by atoms with E-state index in [2.05, 4.69) is 5.32 Å². The SMILES string of the molecule is CCOc1ccccc1OCC(=O)N[C@H](C)c1ccc(Cl)s1. The van der Waals surface area contributed by atoms with E-state index in [1.165, 1.54) is 11.3 Å². The Morgan fingerprint density at radius 1 is 1.23 bits per heavy atom. The summed E-state index contributed by atoms with van der Waals surface area (Å²) in [6, 6.07) is 10.9. The number of thiophene rings is 1. The van der Waals surface area contributed by atoms with E-state index in [0.29, 0.717) is 22.4 Å². The van der Waals surface area contributed by atoms with Crippen molar-refractivity contribution in [2.24, 2.45) is 0 Å². The van der Waals surface area contributed by atoms with Crippen molar-refractivity contribution >= 4 is 28.8 Å². The molecule has 22 heavy (non-hydrogen) atoms. The first kappa shape index (κ1) is 16.6. The first-order valence-electron chi connectivity index (χ1n) is 6.99. The number of ether oxygens (including phenoxy) is 2. The second-order valence-corrected chi connectivity index (χ2v) is 6.35. The normalized spacial score (nSPS) is 11.8. The second kappa shape index (κ2) is 8.06. The van der Waals surface area contributed by atoms with Crippen LogP contribution in [0.1, 0.15) is 24.8 Å². The Hall–Kier alpha value is -1.72. The predicted molar refractivity (Wildman–Crippen MR) is 89.0 cm³/mol. The highest BCUT2D eigenvalue weighted by Crippen LogP contribution is 2.27. The molecule has 0 spiro atoms. The summed E-state index contributed by atoms with van der Waals surface area (Å²) in [4.78, 5) is 13.0. The van der Waals surface area contributed by atoms with E-state index in [0.717, 1.165) is 4.88 Å². The fourth-order valence-corrected chi connectivity index (χ4v) is 2.97. The van der Waals surface area contributed by atoms with Crippen molar-refractivity contribution in [2.45, 2.75) is 19.9 Å². The molecule has 0 saturated carbocycles. The third-order valence-corrected chi connectivity index (χ3v) is 4.32. The van der Waals surface area contributed by atoms with Crippen molar-refractivity contribution in [2.75, 3.05) is 13.2 Å². The number of hydrogen-bond acceptors (Lipinski definition) is 4. The van der Waals surface area contributed by atoms with Crippen molar-refractivity contribution in [3.63, 3.8) is 0 Å². The van der Waals surface area contributed by atoms with Gasteiger partial charge in [0.05, 0.1) is 17.0 Å². The molecule has 4 nitrogen and oxygen atoms in total. The molecule has 1 amide bonds. The Morgan fingerprint density at radius 3 is 2.50 bits per heavy atom. The highest BCUT2D eigenvalue weighted by molar-refractivity contribution is 7.16. The van der Waals surface area contributed by atoms with Crippen LogP contribution in [0.15, 0.2) is 36.4 Å². The minimum Gasteiger partial charge on any atom is -0.490 e. The Labute approximate surface area is 139 Å². The molecule has 118 valence electrons. The molecule has 0 unspecified atom stereocenters. The molecule has 0 aliphatic heterocycles. The zero-order valence-corrected chi connectivity index (χ0v) is 14.0. The molecular weight excluding hydrogens is 322 g/mol. The van der Waals surface area contributed by atoms with Gasteiger partial charge in [-0.05, 0) is 38.1 Å². The van der Waals surface area contributed by atoms with E-state index in [-0.39, 0.29) is 18.6 Å². The summed E-state index contributed by atoms with van der Waals surface area (Å²) in [5.74, 6) is 1.01. The molecule has 0 aliphatic rings. The van der Waals surface area contributed by atoms with Crippen LogP contribution >= 0.6 is 22.9 Å². The summed E-state index contributed by atoms with van der Waals surface area (Å²) in [6.07, 6.45) is 0. The van der Waals surface area contributed by atoms with Gasteiger partial charge in [-0.1, -0.05) is 23.7 Å². The highest BCUT2D eigenvalue weighted by Gasteiger charge is 2.13. The highest BCUT2D eigenvalue weighted by atomic mass is 35.5. The lowest BCUT2D eigenvalue weighted by Crippen LogP contribution is -2.30. The van der Waals surface area contributed by atoms with Gasteiger partial charge in [-0.2, -0.15) is 0 Å². The molecule has 0 saturated heterocycles. The van der Waals surface area contributed by atoms with Crippen LogP contribution in [0.3, 0.4) is 0 Å². The molecule has 6 heteroatoms. The van der Waals surface area contributed by atoms with Crippen LogP contribution in [-0.4, -0.2) is 19.1 Å². The van der Waals surface area contributed by atoms with Gasteiger partial charge in [0.15, 0.2) is 18.1 Å². The standard InChI is InChI=1S/C16H18ClNO3S/c1-3-20-12-6-4-5-7-13(12)21-10-16(19)18-11(2)14-8-9-15(17)22-14/h4-9,11H,3,10H2,1-2H3,(H,18,19)/t11-/m1/s1. The number of carbonyl (C=O) groups excluding carboxylic acids is 1. The summed E-state index contributed by atoms with van der Waals surface area (Å²) < 4.78 is 11.7. The number of halogens is 1. The molecule has 2 aromatic rings. The summed E-state index contributed by atoms with van der Waals surface area (Å²) >= 11 is 7.35. The Kier molecular flexibility index (Phi) is 6.10. The van der Waals surface area contributed by atoms with Crippen LogP contribution < -0.4 is 14.8 Å². The molecular formula is C16H18ClNO3S. The number of carbonyl (C=O) groups is 1. The molecule has 0 fully saturated rings. The number of rotatable bonds is 7. The van der Waals surface area contributed by atoms with Crippen molar-refractivity contribution in [1.82, 2.24) is 5.32 Å². The maximum atomic E-state index is 12.0. The third-order valence-electron chi connectivity index (χ3n) is 2.91. The van der Waals surface area contributed by atoms with Crippen molar-refractivity contribution < 1.29 is 14.3 Å². The van der Waals surface area contributed by atoms with Crippen LogP contribution in [0.5, 0.6) is 11.5 Å². The van der Waals surface area contributed by atoms with Crippen LogP contribution in [0.4, 0.5) is 0 Å². The number of hydrogen-bond donors (Lipinski definition) is 1. The zero-order valence-electron chi connectivity index (χ0n) is 12.5. The van der Waals surface area contributed by atoms with Gasteiger partial charge >= 0.3 is 0 Å². The van der Waals surface area contributed by atoms with Gasteiger partial charge < -0.3 is 14.8 Å². The summed E-state index contributed by atoms with van der Waals surface area (Å²) in [7, 11) is 0. The van der Waals surface area contributed by atoms with Gasteiger partial charge in [-0.25, -0.2) is 0 Å². The monoisotopic (exact) mass is 339 g/mol. The van der Waals surface area contributed by atoms with Gasteiger partial charge in [0.25, 0.3) is 5.91 Å². The minimum absolute atomic E-state index is 0.0620. The number of benzene rings is 1. The van der Waals surface area contributed by atoms with Crippen LogP contribution in [0.2, 0.25) is 4.34 Å². The summed E-state index contributed by atoms with van der Waals surface area (Å²) in [5.41, 5.74) is 0. The van der Waals surface area contributed by atoms with E-state index in [4.69, 9.17) is 21.1 Å². The maximum Gasteiger partial charge on any atom is 0.258 e. The van der Waals surface area contributed by atoms with Crippen LogP contribution in [0, 0.1) is 0 Å². The Morgan fingerprint density at radius 2 is 1.91 bits per heavy atom. The van der Waals surface area contributed by atoms with E-state index in [9.17, 15) is 4.79 Å². The third kappa shape index (κ3) is 4.64. The van der Waals surface area contributed by atoms with Gasteiger partial charge in [0.2, 0.25) is 0 Å². The lowest BCUT2D eigenvalue weighted by Gasteiger charge is -2.14. The first-order valence-corrected chi connectivity index (χ1v) is 8.18. The van der Waals surface area contributed by atoms with Crippen molar-refractivity contribution in [1.29, 1.82) is 0 Å². The molecule has 2 rings (SSSR count). The first-order chi connectivity index (χ1) is 10.6. The lowest BCUT2D eigenvalue weighted by atomic mass is 10.3. The summed E-state index contributed by atoms with van der Waals surface area (Å²) in [6.45, 7) is 4.29. The Bertz CT molecular complexity index is 629. The average molecular weight is 340 g/mol. The molecule has 0 aliphatic carbocycles. The van der Waals surface area contributed by atoms with E-state index >= 15 is 0 Å². The van der Waals surface area contributed by atoms with Gasteiger partial charge in [-0.3, -0.25) is 4.79 Å². The largest absolute Gasteiger partial charge is 0.490 e. The zero-order chi connectivity index (χ0) is 15.9. The van der Waals surface area contributed by atoms with Crippen molar-refractivity contribution in [3.8, 4) is 11.5 Å². The van der Waals surface area contributed by atoms with Gasteiger partial charge in [0, 0.05) is 4.88 Å². The lowest BCUT2D eigenvalue weighted by molar-refractivity contribution is -0.123. The number of amides is 1. The molecule has 1 aromatic heterocycles. The average Bonchev–Trinajstić information content (AvgIpc) is 2.93. The van der Waals surface area contributed by atoms with Gasteiger partial charge in [0.1, 0.15) is 0 Å². The molecule has 1 N–H and O–H groups in total. The van der Waals surface area contributed by atoms with E-state index in [1.807, 2.05) is 44.2 Å². The predicted octanol–water partition coefficient (Wildman–Crippen LogP) is 4.06. The molecule has 1 aromatic carbocycles. The minimum atomic E-state index is -0.191. The topological polar surface area (TPSA) is 47.6 Å². The van der Waals surface area contributed by atoms with E-state index < -0.39 is 0 Å². The number of para-hydroxylation sites is 2. The van der Waals surface area contributed by atoms with Crippen LogP contribution in [0.25, 0.3) is 0 Å². The molecule has 0 radical (unpaired) electrons. The van der Waals surface area contributed by atoms with Gasteiger partial charge in [-0.15, -0.1) is 11.3 Å². The second-order valence-electron chi connectivity index (χ2n) is 4.60. The fourth-order valence-electron chi connectivity index (χ4n) is 1.90. The Balaban J connectivity index is 1.88. The van der Waals surface area contributed by atoms with Crippen molar-refractivity contribution in [3.05, 3.63) is 45.6 Å². The molecule has 1 atom stereocenters. The maximum absolute atomic E-state index is 12.0. The smallest absolute Gasteiger partial charge is 0.258 e. The quantitative estimate of drug-likeness (QED) is 0.827. The van der Waals surface area contributed by atoms with Crippen LogP contribution in [-0.2, 0) is 4.79 Å².